The number of halogens is 2. The van der Waals surface area contributed by atoms with Crippen LogP contribution in [0.1, 0.15) is 48.0 Å². The van der Waals surface area contributed by atoms with E-state index in [1.165, 1.54) is 30.5 Å². The molecule has 2 aromatic rings. The molecule has 0 aromatic heterocycles. The number of rotatable bonds is 8. The number of hydrogen-bond donors (Lipinski definition) is 3. The molecule has 0 spiro atoms. The van der Waals surface area contributed by atoms with Gasteiger partial charge < -0.3 is 16.0 Å². The summed E-state index contributed by atoms with van der Waals surface area (Å²) in [4.78, 5) is 25.1. The lowest BCUT2D eigenvalue weighted by Gasteiger charge is -2.27. The normalized spacial score (nSPS) is 17.5. The molecular formula is C25H27ClFN3O2S. The molecule has 2 aliphatic rings. The molecular weight excluding hydrogens is 461 g/mol. The van der Waals surface area contributed by atoms with Crippen LogP contribution in [0.2, 0.25) is 5.02 Å². The third kappa shape index (κ3) is 6.30. The fraction of sp³-hybridized carbons (Fsp3) is 0.360. The average molecular weight is 488 g/mol. The second-order valence-electron chi connectivity index (χ2n) is 8.31. The first-order chi connectivity index (χ1) is 16.0. The van der Waals surface area contributed by atoms with E-state index in [0.717, 1.165) is 30.5 Å². The van der Waals surface area contributed by atoms with Crippen LogP contribution >= 0.6 is 23.4 Å². The SMILES string of the molecule is O=C(NCCC1=CCCCC1)c1ccc2c(c1)NC(=O)C(CSCc1ccc(F)cc1Cl)N2. The fourth-order valence-corrected chi connectivity index (χ4v) is 5.37. The van der Waals surface area contributed by atoms with Crippen LogP contribution in [-0.2, 0) is 10.5 Å². The van der Waals surface area contributed by atoms with E-state index in [1.54, 1.807) is 30.0 Å². The van der Waals surface area contributed by atoms with Gasteiger partial charge in [0.25, 0.3) is 5.91 Å². The van der Waals surface area contributed by atoms with Gasteiger partial charge in [0.15, 0.2) is 0 Å². The summed E-state index contributed by atoms with van der Waals surface area (Å²) >= 11 is 7.62. The van der Waals surface area contributed by atoms with E-state index in [1.807, 2.05) is 6.07 Å². The molecule has 0 saturated carbocycles. The Balaban J connectivity index is 1.29. The molecule has 1 unspecified atom stereocenters. The van der Waals surface area contributed by atoms with E-state index in [9.17, 15) is 14.0 Å². The van der Waals surface area contributed by atoms with Gasteiger partial charge in [0.1, 0.15) is 11.9 Å². The number of anilines is 2. The van der Waals surface area contributed by atoms with E-state index in [-0.39, 0.29) is 17.6 Å². The van der Waals surface area contributed by atoms with Crippen molar-refractivity contribution in [2.75, 3.05) is 22.9 Å². The Labute approximate surface area is 202 Å². The molecule has 1 aliphatic heterocycles. The maximum absolute atomic E-state index is 13.2. The summed E-state index contributed by atoms with van der Waals surface area (Å²) in [6, 6.07) is 9.21. The van der Waals surface area contributed by atoms with E-state index in [2.05, 4.69) is 22.0 Å². The molecule has 1 atom stereocenters. The number of hydrogen-bond acceptors (Lipinski definition) is 4. The predicted octanol–water partition coefficient (Wildman–Crippen LogP) is 5.77. The molecule has 33 heavy (non-hydrogen) atoms. The number of carbonyl (C=O) groups excluding carboxylic acids is 2. The molecule has 0 bridgehead atoms. The molecule has 2 aromatic carbocycles. The second-order valence-corrected chi connectivity index (χ2v) is 9.75. The van der Waals surface area contributed by atoms with Crippen molar-refractivity contribution in [3.63, 3.8) is 0 Å². The topological polar surface area (TPSA) is 70.2 Å². The van der Waals surface area contributed by atoms with Gasteiger partial charge in [-0.25, -0.2) is 4.39 Å². The lowest BCUT2D eigenvalue weighted by atomic mass is 9.97. The Morgan fingerprint density at radius 3 is 2.85 bits per heavy atom. The summed E-state index contributed by atoms with van der Waals surface area (Å²) in [5.41, 5.74) is 4.16. The van der Waals surface area contributed by atoms with E-state index < -0.39 is 6.04 Å². The minimum Gasteiger partial charge on any atom is -0.371 e. The largest absolute Gasteiger partial charge is 0.371 e. The number of amides is 2. The minimum absolute atomic E-state index is 0.141. The third-order valence-electron chi connectivity index (χ3n) is 5.86. The van der Waals surface area contributed by atoms with Crippen molar-refractivity contribution in [3.05, 3.63) is 70.0 Å². The van der Waals surface area contributed by atoms with Crippen molar-refractivity contribution in [3.8, 4) is 0 Å². The van der Waals surface area contributed by atoms with E-state index in [4.69, 9.17) is 11.6 Å². The van der Waals surface area contributed by atoms with Gasteiger partial charge in [-0.05, 0) is 68.0 Å². The van der Waals surface area contributed by atoms with Crippen LogP contribution in [0.4, 0.5) is 15.8 Å². The van der Waals surface area contributed by atoms with Crippen molar-refractivity contribution in [2.24, 2.45) is 0 Å². The number of fused-ring (bicyclic) bond motifs is 1. The van der Waals surface area contributed by atoms with Crippen LogP contribution < -0.4 is 16.0 Å². The molecule has 8 heteroatoms. The van der Waals surface area contributed by atoms with Gasteiger partial charge in [0.2, 0.25) is 5.91 Å². The highest BCUT2D eigenvalue weighted by molar-refractivity contribution is 7.98. The first-order valence-electron chi connectivity index (χ1n) is 11.2. The van der Waals surface area contributed by atoms with Crippen molar-refractivity contribution in [1.29, 1.82) is 0 Å². The average Bonchev–Trinajstić information content (AvgIpc) is 2.81. The number of thioether (sulfide) groups is 1. The van der Waals surface area contributed by atoms with Gasteiger partial charge in [-0.2, -0.15) is 11.8 Å². The summed E-state index contributed by atoms with van der Waals surface area (Å²) in [5.74, 6) is 0.442. The Hall–Kier alpha value is -2.51. The minimum atomic E-state index is -0.412. The van der Waals surface area contributed by atoms with Crippen LogP contribution in [0.15, 0.2) is 48.0 Å². The van der Waals surface area contributed by atoms with Crippen LogP contribution in [-0.4, -0.2) is 30.2 Å². The Kier molecular flexibility index (Phi) is 7.93. The van der Waals surface area contributed by atoms with Crippen LogP contribution in [0.3, 0.4) is 0 Å². The summed E-state index contributed by atoms with van der Waals surface area (Å²) in [6.07, 6.45) is 7.93. The first kappa shape index (κ1) is 23.6. The highest BCUT2D eigenvalue weighted by Gasteiger charge is 2.26. The van der Waals surface area contributed by atoms with Crippen LogP contribution in [0.25, 0.3) is 0 Å². The molecule has 0 fully saturated rings. The lowest BCUT2D eigenvalue weighted by Crippen LogP contribution is -2.40. The molecule has 1 aliphatic carbocycles. The van der Waals surface area contributed by atoms with E-state index >= 15 is 0 Å². The molecule has 0 saturated heterocycles. The molecule has 1 heterocycles. The van der Waals surface area contributed by atoms with Crippen molar-refractivity contribution >= 4 is 46.6 Å². The predicted molar refractivity (Wildman–Crippen MR) is 134 cm³/mol. The Morgan fingerprint density at radius 1 is 1.18 bits per heavy atom. The summed E-state index contributed by atoms with van der Waals surface area (Å²) in [6.45, 7) is 0.615. The molecule has 5 nitrogen and oxygen atoms in total. The van der Waals surface area contributed by atoms with Gasteiger partial charge >= 0.3 is 0 Å². The van der Waals surface area contributed by atoms with Crippen molar-refractivity contribution in [2.45, 2.75) is 43.9 Å². The van der Waals surface area contributed by atoms with Gasteiger partial charge in [0, 0.05) is 28.6 Å². The number of carbonyl (C=O) groups is 2. The van der Waals surface area contributed by atoms with Crippen LogP contribution in [0, 0.1) is 5.82 Å². The monoisotopic (exact) mass is 487 g/mol. The maximum atomic E-state index is 13.2. The van der Waals surface area contributed by atoms with Gasteiger partial charge in [-0.3, -0.25) is 9.59 Å². The smallest absolute Gasteiger partial charge is 0.251 e. The third-order valence-corrected chi connectivity index (χ3v) is 7.30. The molecule has 2 amide bonds. The number of benzene rings is 2. The lowest BCUT2D eigenvalue weighted by molar-refractivity contribution is -0.116. The van der Waals surface area contributed by atoms with Crippen molar-refractivity contribution < 1.29 is 14.0 Å². The highest BCUT2D eigenvalue weighted by Crippen LogP contribution is 2.30. The maximum Gasteiger partial charge on any atom is 0.251 e. The summed E-state index contributed by atoms with van der Waals surface area (Å²) in [5, 5.41) is 9.50. The zero-order valence-electron chi connectivity index (χ0n) is 18.3. The zero-order chi connectivity index (χ0) is 23.2. The van der Waals surface area contributed by atoms with Gasteiger partial charge in [-0.1, -0.05) is 29.3 Å². The Bertz CT molecular complexity index is 1080. The van der Waals surface area contributed by atoms with E-state index in [0.29, 0.717) is 34.3 Å². The van der Waals surface area contributed by atoms with Crippen LogP contribution in [0.5, 0.6) is 0 Å². The summed E-state index contributed by atoms with van der Waals surface area (Å²) < 4.78 is 13.2. The van der Waals surface area contributed by atoms with Crippen molar-refractivity contribution in [1.82, 2.24) is 5.32 Å². The first-order valence-corrected chi connectivity index (χ1v) is 12.7. The summed E-state index contributed by atoms with van der Waals surface area (Å²) in [7, 11) is 0. The van der Waals surface area contributed by atoms with Gasteiger partial charge in [-0.15, -0.1) is 0 Å². The molecule has 4 rings (SSSR count). The van der Waals surface area contributed by atoms with Gasteiger partial charge in [0.05, 0.1) is 11.4 Å². The molecule has 174 valence electrons. The highest BCUT2D eigenvalue weighted by atomic mass is 35.5. The zero-order valence-corrected chi connectivity index (χ0v) is 19.8. The Morgan fingerprint density at radius 2 is 2.06 bits per heavy atom. The second kappa shape index (κ2) is 11.1. The number of allylic oxidation sites excluding steroid dienone is 1. The number of nitrogens with one attached hydrogen (secondary N) is 3. The fourth-order valence-electron chi connectivity index (χ4n) is 4.00. The molecule has 3 N–H and O–H groups in total. The standard InChI is InChI=1S/C25H27ClFN3O2S/c26-20-13-19(27)8-6-18(20)14-33-15-23-25(32)30-22-12-17(7-9-21(22)29-23)24(31)28-11-10-16-4-2-1-3-5-16/h4,6-9,12-13,23,29H,1-3,5,10-11,14-15H2,(H,28,31)(H,30,32). The quantitative estimate of drug-likeness (QED) is 0.414. The molecule has 0 radical (unpaired) electrons.